The number of halogens is 4. The Balaban J connectivity index is 1.73. The highest BCUT2D eigenvalue weighted by molar-refractivity contribution is 9.10. The van der Waals surface area contributed by atoms with E-state index in [0.29, 0.717) is 28.1 Å². The van der Waals surface area contributed by atoms with Gasteiger partial charge in [0.25, 0.3) is 11.5 Å². The van der Waals surface area contributed by atoms with Crippen molar-refractivity contribution in [3.05, 3.63) is 98.0 Å². The maximum absolute atomic E-state index is 13.2. The number of alkyl halides is 3. The van der Waals surface area contributed by atoms with E-state index in [2.05, 4.69) is 26.2 Å². The molecular weight excluding hydrogens is 499 g/mol. The van der Waals surface area contributed by atoms with Crippen molar-refractivity contribution in [3.63, 3.8) is 0 Å². The third-order valence-electron chi connectivity index (χ3n) is 5.16. The quantitative estimate of drug-likeness (QED) is 0.362. The Morgan fingerprint density at radius 2 is 1.79 bits per heavy atom. The van der Waals surface area contributed by atoms with Gasteiger partial charge in [0.1, 0.15) is 5.82 Å². The van der Waals surface area contributed by atoms with Gasteiger partial charge >= 0.3 is 6.18 Å². The maximum atomic E-state index is 13.2. The van der Waals surface area contributed by atoms with E-state index < -0.39 is 17.6 Å². The highest BCUT2D eigenvalue weighted by Crippen LogP contribution is 2.30. The monoisotopic (exact) mass is 515 g/mol. The first kappa shape index (κ1) is 22.7. The molecule has 0 unspecified atom stereocenters. The summed E-state index contributed by atoms with van der Waals surface area (Å²) in [6.07, 6.45) is -4.55. The molecule has 3 aromatic carbocycles. The van der Waals surface area contributed by atoms with Crippen molar-refractivity contribution < 1.29 is 18.0 Å². The second kappa shape index (κ2) is 8.47. The van der Waals surface area contributed by atoms with Crippen molar-refractivity contribution in [3.8, 4) is 5.69 Å². The predicted molar refractivity (Wildman–Crippen MR) is 124 cm³/mol. The molecule has 0 fully saturated rings. The third-order valence-corrected chi connectivity index (χ3v) is 5.65. The average molecular weight is 516 g/mol. The van der Waals surface area contributed by atoms with Gasteiger partial charge < -0.3 is 5.32 Å². The maximum Gasteiger partial charge on any atom is 0.416 e. The average Bonchev–Trinajstić information content (AvgIpc) is 2.75. The highest BCUT2D eigenvalue weighted by atomic mass is 79.9. The second-order valence-corrected chi connectivity index (χ2v) is 8.41. The Kier molecular flexibility index (Phi) is 5.84. The Morgan fingerprint density at radius 1 is 1.03 bits per heavy atom. The van der Waals surface area contributed by atoms with E-state index in [1.807, 2.05) is 6.92 Å². The lowest BCUT2D eigenvalue weighted by atomic mass is 10.1. The van der Waals surface area contributed by atoms with E-state index in [9.17, 15) is 22.8 Å². The van der Waals surface area contributed by atoms with Gasteiger partial charge in [0.05, 0.1) is 22.2 Å². The Morgan fingerprint density at radius 3 is 2.52 bits per heavy atom. The van der Waals surface area contributed by atoms with Crippen molar-refractivity contribution in [2.45, 2.75) is 20.0 Å². The first-order chi connectivity index (χ1) is 15.5. The largest absolute Gasteiger partial charge is 0.416 e. The van der Waals surface area contributed by atoms with E-state index in [1.54, 1.807) is 43.3 Å². The first-order valence-electron chi connectivity index (χ1n) is 9.83. The molecule has 0 aliphatic carbocycles. The number of anilines is 1. The number of nitrogens with one attached hydrogen (secondary N) is 1. The van der Waals surface area contributed by atoms with Gasteiger partial charge in [0.15, 0.2) is 0 Å². The molecule has 168 valence electrons. The van der Waals surface area contributed by atoms with Gasteiger partial charge in [0, 0.05) is 15.7 Å². The molecule has 33 heavy (non-hydrogen) atoms. The van der Waals surface area contributed by atoms with Crippen LogP contribution in [0.15, 0.2) is 69.9 Å². The number of benzene rings is 3. The summed E-state index contributed by atoms with van der Waals surface area (Å²) in [6.45, 7) is 3.51. The first-order valence-corrected chi connectivity index (χ1v) is 10.6. The van der Waals surface area contributed by atoms with E-state index in [4.69, 9.17) is 0 Å². The van der Waals surface area contributed by atoms with Crippen molar-refractivity contribution in [2.24, 2.45) is 0 Å². The van der Waals surface area contributed by atoms with Crippen LogP contribution in [0.3, 0.4) is 0 Å². The summed E-state index contributed by atoms with van der Waals surface area (Å²) in [6, 6.07) is 14.3. The smallest absolute Gasteiger partial charge is 0.322 e. The topological polar surface area (TPSA) is 64.0 Å². The summed E-state index contributed by atoms with van der Waals surface area (Å²) in [4.78, 5) is 30.3. The SMILES string of the molecule is Cc1ccc(NC(=O)c2cccc(C(F)(F)F)c2)cc1-n1c(C)nc2cc(Br)ccc2c1=O. The van der Waals surface area contributed by atoms with E-state index in [0.717, 1.165) is 22.2 Å². The van der Waals surface area contributed by atoms with Gasteiger partial charge in [-0.2, -0.15) is 13.2 Å². The summed E-state index contributed by atoms with van der Waals surface area (Å²) < 4.78 is 41.2. The van der Waals surface area contributed by atoms with Crippen LogP contribution < -0.4 is 10.9 Å². The fourth-order valence-electron chi connectivity index (χ4n) is 3.52. The molecule has 0 saturated heterocycles. The summed E-state index contributed by atoms with van der Waals surface area (Å²) >= 11 is 3.37. The zero-order valence-electron chi connectivity index (χ0n) is 17.5. The molecule has 0 aliphatic rings. The number of rotatable bonds is 3. The number of hydrogen-bond donors (Lipinski definition) is 1. The molecule has 4 rings (SSSR count). The minimum atomic E-state index is -4.55. The van der Waals surface area contributed by atoms with Gasteiger partial charge in [-0.15, -0.1) is 0 Å². The van der Waals surface area contributed by atoms with Crippen LogP contribution in [0.25, 0.3) is 16.6 Å². The van der Waals surface area contributed by atoms with Gasteiger partial charge in [-0.25, -0.2) is 4.98 Å². The lowest BCUT2D eigenvalue weighted by Crippen LogP contribution is -2.23. The van der Waals surface area contributed by atoms with Gasteiger partial charge in [-0.05, 0) is 67.9 Å². The van der Waals surface area contributed by atoms with Crippen LogP contribution in [0.1, 0.15) is 27.3 Å². The molecule has 0 atom stereocenters. The molecule has 9 heteroatoms. The number of fused-ring (bicyclic) bond motifs is 1. The molecule has 1 heterocycles. The minimum Gasteiger partial charge on any atom is -0.322 e. The van der Waals surface area contributed by atoms with Gasteiger partial charge in [-0.3, -0.25) is 14.2 Å². The van der Waals surface area contributed by atoms with Crippen molar-refractivity contribution >= 4 is 38.4 Å². The van der Waals surface area contributed by atoms with Crippen LogP contribution in [0.2, 0.25) is 0 Å². The molecule has 0 spiro atoms. The fraction of sp³-hybridized carbons (Fsp3) is 0.125. The number of aryl methyl sites for hydroxylation is 2. The molecule has 1 N–H and O–H groups in total. The van der Waals surface area contributed by atoms with Crippen molar-refractivity contribution in [1.29, 1.82) is 0 Å². The summed E-state index contributed by atoms with van der Waals surface area (Å²) in [5, 5.41) is 3.04. The molecule has 5 nitrogen and oxygen atoms in total. The molecule has 1 aromatic heterocycles. The third kappa shape index (κ3) is 4.54. The van der Waals surface area contributed by atoms with E-state index in [-0.39, 0.29) is 11.1 Å². The summed E-state index contributed by atoms with van der Waals surface area (Å²) in [7, 11) is 0. The molecule has 4 aromatic rings. The predicted octanol–water partition coefficient (Wildman–Crippen LogP) is 6.04. The molecule has 0 aliphatic heterocycles. The second-order valence-electron chi connectivity index (χ2n) is 7.50. The van der Waals surface area contributed by atoms with Crippen LogP contribution in [0, 0.1) is 13.8 Å². The Bertz CT molecular complexity index is 1460. The van der Waals surface area contributed by atoms with Crippen LogP contribution in [0.5, 0.6) is 0 Å². The van der Waals surface area contributed by atoms with Gasteiger partial charge in [-0.1, -0.05) is 28.1 Å². The molecule has 1 amide bonds. The zero-order valence-corrected chi connectivity index (χ0v) is 19.1. The highest BCUT2D eigenvalue weighted by Gasteiger charge is 2.30. The number of aromatic nitrogens is 2. The van der Waals surface area contributed by atoms with E-state index >= 15 is 0 Å². The Hall–Kier alpha value is -3.46. The molecule has 0 bridgehead atoms. The van der Waals surface area contributed by atoms with Crippen molar-refractivity contribution in [1.82, 2.24) is 9.55 Å². The summed E-state index contributed by atoms with van der Waals surface area (Å²) in [5.74, 6) is -0.239. The van der Waals surface area contributed by atoms with Crippen molar-refractivity contribution in [2.75, 3.05) is 5.32 Å². The molecule has 0 radical (unpaired) electrons. The zero-order chi connectivity index (χ0) is 23.9. The Labute approximate surface area is 195 Å². The lowest BCUT2D eigenvalue weighted by Gasteiger charge is -2.15. The molecule has 0 saturated carbocycles. The number of amides is 1. The number of hydrogen-bond acceptors (Lipinski definition) is 3. The number of carbonyl (C=O) groups excluding carboxylic acids is 1. The lowest BCUT2D eigenvalue weighted by molar-refractivity contribution is -0.137. The van der Waals surface area contributed by atoms with E-state index in [1.165, 1.54) is 16.7 Å². The molecular formula is C24H17BrF3N3O2. The van der Waals surface area contributed by atoms with Gasteiger partial charge in [0.2, 0.25) is 0 Å². The summed E-state index contributed by atoms with van der Waals surface area (Å²) in [5.41, 5.74) is 0.852. The number of nitrogens with zero attached hydrogens (tertiary/aromatic N) is 2. The van der Waals surface area contributed by atoms with Crippen LogP contribution >= 0.6 is 15.9 Å². The minimum absolute atomic E-state index is 0.127. The van der Waals surface area contributed by atoms with Crippen LogP contribution in [0.4, 0.5) is 18.9 Å². The number of carbonyl (C=O) groups is 1. The van der Waals surface area contributed by atoms with Crippen LogP contribution in [-0.2, 0) is 6.18 Å². The normalized spacial score (nSPS) is 11.6. The van der Waals surface area contributed by atoms with Crippen LogP contribution in [-0.4, -0.2) is 15.5 Å². The fourth-order valence-corrected chi connectivity index (χ4v) is 3.87. The standard InChI is InChI=1S/C24H17BrF3N3O2/c1-13-6-8-18(30-22(32)15-4-3-5-16(10-15)24(26,27)28)12-21(13)31-14(2)29-20-11-17(25)7-9-19(20)23(31)33/h3-12H,1-2H3,(H,30,32).